The number of amides is 3. The van der Waals surface area contributed by atoms with Crippen LogP contribution < -0.4 is 10.1 Å². The molecular formula is C20H15Cl2FN2O5. The molecule has 0 atom stereocenters. The highest BCUT2D eigenvalue weighted by Crippen LogP contribution is 2.35. The maximum atomic E-state index is 13.0. The first kappa shape index (κ1) is 21.6. The molecule has 0 unspecified atom stereocenters. The summed E-state index contributed by atoms with van der Waals surface area (Å²) in [7, 11) is 1.15. The second-order valence-electron chi connectivity index (χ2n) is 6.18. The Morgan fingerprint density at radius 1 is 1.17 bits per heavy atom. The summed E-state index contributed by atoms with van der Waals surface area (Å²) >= 11 is 12.5. The number of urea groups is 1. The van der Waals surface area contributed by atoms with Crippen LogP contribution in [0.15, 0.2) is 42.1 Å². The largest absolute Gasteiger partial charge is 0.486 e. The molecule has 1 saturated heterocycles. The number of hydrogen-bond acceptors (Lipinski definition) is 5. The van der Waals surface area contributed by atoms with E-state index in [4.69, 9.17) is 27.9 Å². The van der Waals surface area contributed by atoms with Crippen molar-refractivity contribution in [2.24, 2.45) is 0 Å². The Labute approximate surface area is 181 Å². The van der Waals surface area contributed by atoms with Crippen molar-refractivity contribution in [3.05, 3.63) is 69.1 Å². The lowest BCUT2D eigenvalue weighted by Crippen LogP contribution is -2.36. The van der Waals surface area contributed by atoms with E-state index in [1.807, 2.05) is 0 Å². The summed E-state index contributed by atoms with van der Waals surface area (Å²) in [5.74, 6) is -1.55. The van der Waals surface area contributed by atoms with Gasteiger partial charge in [0, 0.05) is 0 Å². The van der Waals surface area contributed by atoms with Gasteiger partial charge < -0.3 is 14.8 Å². The predicted octanol–water partition coefficient (Wildman–Crippen LogP) is 3.78. The van der Waals surface area contributed by atoms with Crippen LogP contribution in [-0.2, 0) is 20.9 Å². The van der Waals surface area contributed by atoms with Gasteiger partial charge in [-0.2, -0.15) is 0 Å². The van der Waals surface area contributed by atoms with Crippen LogP contribution in [0.25, 0.3) is 6.08 Å². The van der Waals surface area contributed by atoms with E-state index >= 15 is 0 Å². The molecular weight excluding hydrogens is 438 g/mol. The van der Waals surface area contributed by atoms with Gasteiger partial charge in [0.15, 0.2) is 5.75 Å². The molecule has 10 heteroatoms. The Morgan fingerprint density at radius 2 is 1.80 bits per heavy atom. The lowest BCUT2D eigenvalue weighted by atomic mass is 10.1. The van der Waals surface area contributed by atoms with Gasteiger partial charge in [-0.1, -0.05) is 35.3 Å². The lowest BCUT2D eigenvalue weighted by Gasteiger charge is -2.11. The summed E-state index contributed by atoms with van der Waals surface area (Å²) in [6.07, 6.45) is 1.37. The first-order chi connectivity index (χ1) is 14.3. The molecule has 0 spiro atoms. The normalized spacial score (nSPS) is 14.8. The first-order valence-corrected chi connectivity index (χ1v) is 9.31. The van der Waals surface area contributed by atoms with Gasteiger partial charge in [0.25, 0.3) is 5.91 Å². The highest BCUT2D eigenvalue weighted by Gasteiger charge is 2.35. The standard InChI is InChI=1S/C20H15Cl2FN2O5/c1-29-17(26)9-25-19(27)16(24-20(25)28)8-12-6-14(21)18(15(22)7-12)30-10-11-2-4-13(23)5-3-11/h2-8H,9-10H2,1H3,(H,24,28)/b16-8+. The number of carbonyl (C=O) groups is 3. The fourth-order valence-electron chi connectivity index (χ4n) is 2.61. The van der Waals surface area contributed by atoms with Crippen LogP contribution in [0.2, 0.25) is 10.0 Å². The SMILES string of the molecule is COC(=O)CN1C(=O)N/C(=C/c2cc(Cl)c(OCc3ccc(F)cc3)c(Cl)c2)C1=O. The van der Waals surface area contributed by atoms with Gasteiger partial charge in [-0.25, -0.2) is 14.1 Å². The Hall–Kier alpha value is -3.10. The molecule has 0 radical (unpaired) electrons. The number of benzene rings is 2. The third-order valence-corrected chi connectivity index (χ3v) is 4.67. The molecule has 156 valence electrons. The van der Waals surface area contributed by atoms with Crippen molar-refractivity contribution in [1.82, 2.24) is 10.2 Å². The van der Waals surface area contributed by atoms with Crippen LogP contribution in [0.4, 0.5) is 9.18 Å². The van der Waals surface area contributed by atoms with Crippen LogP contribution in [0.1, 0.15) is 11.1 Å². The monoisotopic (exact) mass is 452 g/mol. The number of methoxy groups -OCH3 is 1. The molecule has 7 nitrogen and oxygen atoms in total. The molecule has 1 aliphatic rings. The first-order valence-electron chi connectivity index (χ1n) is 8.56. The maximum Gasteiger partial charge on any atom is 0.329 e. The van der Waals surface area contributed by atoms with Crippen molar-refractivity contribution < 1.29 is 28.2 Å². The smallest absolute Gasteiger partial charge is 0.329 e. The molecule has 0 aliphatic carbocycles. The van der Waals surface area contributed by atoms with Gasteiger partial charge in [-0.15, -0.1) is 0 Å². The fraction of sp³-hybridized carbons (Fsp3) is 0.150. The number of hydrogen-bond donors (Lipinski definition) is 1. The van der Waals surface area contributed by atoms with Gasteiger partial charge >= 0.3 is 12.0 Å². The number of nitrogens with zero attached hydrogens (tertiary/aromatic N) is 1. The van der Waals surface area contributed by atoms with E-state index in [0.717, 1.165) is 17.6 Å². The van der Waals surface area contributed by atoms with Crippen molar-refractivity contribution in [3.8, 4) is 5.75 Å². The lowest BCUT2D eigenvalue weighted by molar-refractivity contribution is -0.143. The van der Waals surface area contributed by atoms with Gasteiger partial charge in [0.2, 0.25) is 0 Å². The zero-order chi connectivity index (χ0) is 21.8. The van der Waals surface area contributed by atoms with Crippen molar-refractivity contribution >= 4 is 47.2 Å². The highest BCUT2D eigenvalue weighted by molar-refractivity contribution is 6.37. The van der Waals surface area contributed by atoms with E-state index in [9.17, 15) is 18.8 Å². The molecule has 1 aliphatic heterocycles. The Bertz CT molecular complexity index is 1020. The molecule has 0 aromatic heterocycles. The molecule has 3 rings (SSSR count). The number of nitrogens with one attached hydrogen (secondary N) is 1. The van der Waals surface area contributed by atoms with E-state index in [2.05, 4.69) is 10.1 Å². The van der Waals surface area contributed by atoms with E-state index in [0.29, 0.717) is 5.56 Å². The number of ether oxygens (including phenoxy) is 2. The zero-order valence-corrected chi connectivity index (χ0v) is 17.1. The molecule has 1 fully saturated rings. The van der Waals surface area contributed by atoms with E-state index in [-0.39, 0.29) is 33.9 Å². The van der Waals surface area contributed by atoms with E-state index in [1.165, 1.54) is 30.3 Å². The molecule has 30 heavy (non-hydrogen) atoms. The predicted molar refractivity (Wildman–Crippen MR) is 107 cm³/mol. The quantitative estimate of drug-likeness (QED) is 0.409. The van der Waals surface area contributed by atoms with Crippen molar-refractivity contribution in [3.63, 3.8) is 0 Å². The summed E-state index contributed by atoms with van der Waals surface area (Å²) in [5.41, 5.74) is 1.11. The molecule has 1 N–H and O–H groups in total. The second-order valence-corrected chi connectivity index (χ2v) is 7.00. The minimum absolute atomic E-state index is 0.0454. The molecule has 3 amide bonds. The van der Waals surface area contributed by atoms with Crippen molar-refractivity contribution in [1.29, 1.82) is 0 Å². The molecule has 0 saturated carbocycles. The molecule has 1 heterocycles. The van der Waals surface area contributed by atoms with Crippen LogP contribution in [0, 0.1) is 5.82 Å². The second kappa shape index (κ2) is 9.15. The van der Waals surface area contributed by atoms with E-state index in [1.54, 1.807) is 12.1 Å². The summed E-state index contributed by atoms with van der Waals surface area (Å²) in [4.78, 5) is 36.3. The summed E-state index contributed by atoms with van der Waals surface area (Å²) in [5, 5.41) is 2.74. The average Bonchev–Trinajstić information content (AvgIpc) is 2.96. The summed E-state index contributed by atoms with van der Waals surface area (Å²) in [6.45, 7) is -0.382. The minimum Gasteiger partial charge on any atom is -0.486 e. The van der Waals surface area contributed by atoms with Gasteiger partial charge in [-0.3, -0.25) is 9.59 Å². The molecule has 2 aromatic rings. The number of carbonyl (C=O) groups excluding carboxylic acids is 3. The van der Waals surface area contributed by atoms with E-state index < -0.39 is 24.5 Å². The highest BCUT2D eigenvalue weighted by atomic mass is 35.5. The topological polar surface area (TPSA) is 84.9 Å². The third kappa shape index (κ3) is 4.90. The fourth-order valence-corrected chi connectivity index (χ4v) is 3.23. The van der Waals surface area contributed by atoms with Crippen LogP contribution in [0.5, 0.6) is 5.75 Å². The zero-order valence-electron chi connectivity index (χ0n) is 15.6. The van der Waals surface area contributed by atoms with Crippen molar-refractivity contribution in [2.75, 3.05) is 13.7 Å². The van der Waals surface area contributed by atoms with Gasteiger partial charge in [-0.05, 0) is 41.5 Å². The Morgan fingerprint density at radius 3 is 2.40 bits per heavy atom. The van der Waals surface area contributed by atoms with Gasteiger partial charge in [0.1, 0.15) is 24.7 Å². The van der Waals surface area contributed by atoms with Gasteiger partial charge in [0.05, 0.1) is 17.2 Å². The Balaban J connectivity index is 1.76. The third-order valence-electron chi connectivity index (χ3n) is 4.11. The average molecular weight is 453 g/mol. The molecule has 0 bridgehead atoms. The molecule has 2 aromatic carbocycles. The maximum absolute atomic E-state index is 13.0. The number of rotatable bonds is 6. The van der Waals surface area contributed by atoms with Crippen LogP contribution in [0.3, 0.4) is 0 Å². The number of imide groups is 1. The number of esters is 1. The number of halogens is 3. The minimum atomic E-state index is -0.743. The van der Waals surface area contributed by atoms with Crippen LogP contribution >= 0.6 is 23.2 Å². The summed E-state index contributed by atoms with van der Waals surface area (Å²) < 4.78 is 23.1. The Kier molecular flexibility index (Phi) is 6.59. The van der Waals surface area contributed by atoms with Crippen LogP contribution in [-0.4, -0.2) is 36.5 Å². The summed E-state index contributed by atoms with van der Waals surface area (Å²) in [6, 6.07) is 8.04. The van der Waals surface area contributed by atoms with Crippen molar-refractivity contribution in [2.45, 2.75) is 6.61 Å².